The Morgan fingerprint density at radius 3 is 2.85 bits per heavy atom. The van der Waals surface area contributed by atoms with E-state index in [2.05, 4.69) is 15.4 Å². The second kappa shape index (κ2) is 7.90. The van der Waals surface area contributed by atoms with E-state index in [0.717, 1.165) is 54.2 Å². The van der Waals surface area contributed by atoms with E-state index in [9.17, 15) is 9.90 Å². The Bertz CT molecular complexity index is 762. The van der Waals surface area contributed by atoms with E-state index in [1.165, 1.54) is 4.88 Å². The van der Waals surface area contributed by atoms with Crippen molar-refractivity contribution in [1.82, 2.24) is 15.4 Å². The Hall–Kier alpha value is -1.70. The Morgan fingerprint density at radius 2 is 2.23 bits per heavy atom. The maximum atomic E-state index is 12.6. The number of aliphatic hydroxyl groups excluding tert-OH is 1. The Balaban J connectivity index is 1.69. The number of aromatic nitrogens is 1. The fourth-order valence-corrected chi connectivity index (χ4v) is 4.45. The van der Waals surface area contributed by atoms with Crippen molar-refractivity contribution in [3.63, 3.8) is 0 Å². The van der Waals surface area contributed by atoms with Crippen LogP contribution in [0, 0.1) is 19.8 Å². The van der Waals surface area contributed by atoms with Gasteiger partial charge in [-0.05, 0) is 31.7 Å². The van der Waals surface area contributed by atoms with Crippen LogP contribution < -0.4 is 5.32 Å². The lowest BCUT2D eigenvalue weighted by atomic mass is 10.0. The van der Waals surface area contributed by atoms with Crippen molar-refractivity contribution in [3.05, 3.63) is 38.4 Å². The van der Waals surface area contributed by atoms with Crippen LogP contribution in [0.3, 0.4) is 0 Å². The quantitative estimate of drug-likeness (QED) is 0.809. The van der Waals surface area contributed by atoms with E-state index in [1.807, 2.05) is 33.1 Å². The highest BCUT2D eigenvalue weighted by molar-refractivity contribution is 7.10. The average molecular weight is 378 g/mol. The lowest BCUT2D eigenvalue weighted by Gasteiger charge is -2.27. The van der Waals surface area contributed by atoms with E-state index < -0.39 is 0 Å². The second-order valence-corrected chi connectivity index (χ2v) is 8.29. The van der Waals surface area contributed by atoms with Crippen LogP contribution in [0.25, 0.3) is 0 Å². The number of nitrogens with one attached hydrogen (secondary N) is 1. The standard InChI is InChI=1S/C19H27N3O3S/c1-11(2)17(9-23)20-19(24)16-10-26-18-8-22(6-5-14(16)18)7-15-12(3)21-25-13(15)4/h10-11,17,23H,5-9H2,1-4H3,(H,20,24). The van der Waals surface area contributed by atoms with Gasteiger partial charge in [-0.15, -0.1) is 11.3 Å². The number of amides is 1. The van der Waals surface area contributed by atoms with E-state index in [0.29, 0.717) is 0 Å². The molecule has 0 spiro atoms. The maximum absolute atomic E-state index is 12.6. The van der Waals surface area contributed by atoms with Gasteiger partial charge in [0.05, 0.1) is 23.9 Å². The van der Waals surface area contributed by atoms with E-state index in [1.54, 1.807) is 11.3 Å². The molecule has 26 heavy (non-hydrogen) atoms. The van der Waals surface area contributed by atoms with Crippen LogP contribution in [0.2, 0.25) is 0 Å². The van der Waals surface area contributed by atoms with Crippen molar-refractivity contribution in [2.75, 3.05) is 13.2 Å². The zero-order chi connectivity index (χ0) is 18.8. The van der Waals surface area contributed by atoms with Gasteiger partial charge in [-0.1, -0.05) is 19.0 Å². The van der Waals surface area contributed by atoms with Crippen LogP contribution in [0.1, 0.15) is 51.7 Å². The van der Waals surface area contributed by atoms with Crippen LogP contribution in [-0.2, 0) is 19.5 Å². The molecule has 1 unspecified atom stereocenters. The normalized spacial score (nSPS) is 15.9. The number of aryl methyl sites for hydroxylation is 2. The van der Waals surface area contributed by atoms with E-state index in [4.69, 9.17) is 4.52 Å². The summed E-state index contributed by atoms with van der Waals surface area (Å²) in [6.07, 6.45) is 0.858. The zero-order valence-electron chi connectivity index (χ0n) is 15.8. The minimum absolute atomic E-state index is 0.0407. The topological polar surface area (TPSA) is 78.6 Å². The third-order valence-corrected chi connectivity index (χ3v) is 6.17. The molecule has 0 saturated heterocycles. The molecule has 0 fully saturated rings. The van der Waals surface area contributed by atoms with Crippen molar-refractivity contribution in [2.24, 2.45) is 5.92 Å². The SMILES string of the molecule is Cc1noc(C)c1CN1CCc2c(C(=O)NC(CO)C(C)C)csc2C1. The molecule has 142 valence electrons. The molecule has 3 rings (SSSR count). The lowest BCUT2D eigenvalue weighted by molar-refractivity contribution is 0.0895. The highest BCUT2D eigenvalue weighted by Gasteiger charge is 2.26. The van der Waals surface area contributed by atoms with Crippen molar-refractivity contribution < 1.29 is 14.4 Å². The second-order valence-electron chi connectivity index (χ2n) is 7.32. The number of thiophene rings is 1. The third-order valence-electron chi connectivity index (χ3n) is 5.15. The number of nitrogens with zero attached hydrogens (tertiary/aromatic N) is 2. The molecule has 0 aromatic carbocycles. The lowest BCUT2D eigenvalue weighted by Crippen LogP contribution is -2.41. The first-order valence-corrected chi connectivity index (χ1v) is 9.93. The largest absolute Gasteiger partial charge is 0.394 e. The van der Waals surface area contributed by atoms with Crippen LogP contribution >= 0.6 is 11.3 Å². The number of hydrogen-bond acceptors (Lipinski definition) is 6. The minimum Gasteiger partial charge on any atom is -0.394 e. The molecule has 1 aliphatic rings. The molecule has 0 saturated carbocycles. The Labute approximate surface area is 158 Å². The molecule has 1 aliphatic heterocycles. The molecule has 3 heterocycles. The first-order valence-electron chi connectivity index (χ1n) is 9.05. The monoisotopic (exact) mass is 377 g/mol. The maximum Gasteiger partial charge on any atom is 0.252 e. The molecule has 6 nitrogen and oxygen atoms in total. The van der Waals surface area contributed by atoms with Gasteiger partial charge in [-0.3, -0.25) is 9.69 Å². The molecule has 0 aliphatic carbocycles. The third kappa shape index (κ3) is 3.84. The fourth-order valence-electron chi connectivity index (χ4n) is 3.33. The molecule has 2 aromatic heterocycles. The van der Waals surface area contributed by atoms with Crippen LogP contribution in [0.4, 0.5) is 0 Å². The summed E-state index contributed by atoms with van der Waals surface area (Å²) in [4.78, 5) is 16.2. The highest BCUT2D eigenvalue weighted by atomic mass is 32.1. The van der Waals surface area contributed by atoms with Gasteiger partial charge in [0.25, 0.3) is 5.91 Å². The molecule has 7 heteroatoms. The molecular formula is C19H27N3O3S. The number of carbonyl (C=O) groups excluding carboxylic acids is 1. The van der Waals surface area contributed by atoms with Crippen LogP contribution in [0.5, 0.6) is 0 Å². The predicted octanol–water partition coefficient (Wildman–Crippen LogP) is 2.66. The van der Waals surface area contributed by atoms with Gasteiger partial charge < -0.3 is 14.9 Å². The molecule has 2 N–H and O–H groups in total. The Kier molecular flexibility index (Phi) is 5.79. The van der Waals surface area contributed by atoms with Crippen molar-refractivity contribution in [2.45, 2.75) is 53.2 Å². The number of hydrogen-bond donors (Lipinski definition) is 2. The van der Waals surface area contributed by atoms with Gasteiger partial charge in [0.2, 0.25) is 0 Å². The predicted molar refractivity (Wildman–Crippen MR) is 101 cm³/mol. The van der Waals surface area contributed by atoms with Gasteiger partial charge in [0, 0.05) is 35.5 Å². The summed E-state index contributed by atoms with van der Waals surface area (Å²) in [6, 6.07) is -0.210. The first kappa shape index (κ1) is 19.1. The first-order chi connectivity index (χ1) is 12.4. The van der Waals surface area contributed by atoms with E-state index >= 15 is 0 Å². The average Bonchev–Trinajstić information content (AvgIpc) is 3.17. The fraction of sp³-hybridized carbons (Fsp3) is 0.579. The number of fused-ring (bicyclic) bond motifs is 1. The van der Waals surface area contributed by atoms with Crippen molar-refractivity contribution in [1.29, 1.82) is 0 Å². The van der Waals surface area contributed by atoms with Gasteiger partial charge in [-0.25, -0.2) is 0 Å². The minimum atomic E-state index is -0.210. The molecular weight excluding hydrogens is 350 g/mol. The molecule has 1 amide bonds. The summed E-state index contributed by atoms with van der Waals surface area (Å²) in [7, 11) is 0. The Morgan fingerprint density at radius 1 is 1.46 bits per heavy atom. The summed E-state index contributed by atoms with van der Waals surface area (Å²) in [5, 5.41) is 18.4. The number of aliphatic hydroxyl groups is 1. The van der Waals surface area contributed by atoms with Crippen molar-refractivity contribution >= 4 is 17.2 Å². The smallest absolute Gasteiger partial charge is 0.252 e. The van der Waals surface area contributed by atoms with E-state index in [-0.39, 0.29) is 24.5 Å². The van der Waals surface area contributed by atoms with Gasteiger partial charge >= 0.3 is 0 Å². The summed E-state index contributed by atoms with van der Waals surface area (Å²) >= 11 is 1.64. The highest BCUT2D eigenvalue weighted by Crippen LogP contribution is 2.30. The van der Waals surface area contributed by atoms with Crippen LogP contribution in [0.15, 0.2) is 9.90 Å². The summed E-state index contributed by atoms with van der Waals surface area (Å²) < 4.78 is 5.26. The summed E-state index contributed by atoms with van der Waals surface area (Å²) in [6.45, 7) is 10.4. The molecule has 0 radical (unpaired) electrons. The molecule has 2 aromatic rings. The summed E-state index contributed by atoms with van der Waals surface area (Å²) in [5.41, 5.74) is 4.03. The van der Waals surface area contributed by atoms with Crippen LogP contribution in [-0.4, -0.2) is 40.3 Å². The summed E-state index contributed by atoms with van der Waals surface area (Å²) in [5.74, 6) is 1.00. The molecule has 1 atom stereocenters. The van der Waals surface area contributed by atoms with Crippen molar-refractivity contribution in [3.8, 4) is 0 Å². The molecule has 0 bridgehead atoms. The van der Waals surface area contributed by atoms with Gasteiger partial charge in [0.1, 0.15) is 5.76 Å². The number of carbonyl (C=O) groups is 1. The van der Waals surface area contributed by atoms with Gasteiger partial charge in [0.15, 0.2) is 0 Å². The van der Waals surface area contributed by atoms with Gasteiger partial charge in [-0.2, -0.15) is 0 Å². The zero-order valence-corrected chi connectivity index (χ0v) is 16.7. The number of rotatable bonds is 6.